The van der Waals surface area contributed by atoms with E-state index < -0.39 is 49.3 Å². The van der Waals surface area contributed by atoms with Crippen LogP contribution >= 0.6 is 0 Å². The maximum Gasteiger partial charge on any atom is 0.222 e. The summed E-state index contributed by atoms with van der Waals surface area (Å²) in [6, 6.07) is 3.25. The number of aliphatic hydroxyl groups excluding tert-OH is 5. The number of ether oxygens (including phenoxy) is 1. The smallest absolute Gasteiger partial charge is 0.222 e. The number of benzene rings is 1. The summed E-state index contributed by atoms with van der Waals surface area (Å²) in [4.78, 5) is 29.5. The van der Waals surface area contributed by atoms with Crippen molar-refractivity contribution in [3.8, 4) is 5.75 Å². The minimum absolute atomic E-state index is 0.0460. The van der Waals surface area contributed by atoms with E-state index in [0.717, 1.165) is 22.6 Å². The fraction of sp³-hybridized carbons (Fsp3) is 0.517. The maximum absolute atomic E-state index is 13.1. The van der Waals surface area contributed by atoms with Gasteiger partial charge in [-0.2, -0.15) is 0 Å². The Labute approximate surface area is 236 Å². The second kappa shape index (κ2) is 11.4. The summed E-state index contributed by atoms with van der Waals surface area (Å²) in [6.07, 6.45) is -0.552. The number of nitrogens with one attached hydrogen (secondary N) is 1. The van der Waals surface area contributed by atoms with Crippen LogP contribution in [0.5, 0.6) is 5.75 Å². The molecule has 3 aliphatic heterocycles. The van der Waals surface area contributed by atoms with Crippen molar-refractivity contribution in [1.29, 1.82) is 0 Å². The van der Waals surface area contributed by atoms with Gasteiger partial charge in [-0.05, 0) is 32.9 Å². The van der Waals surface area contributed by atoms with E-state index in [1.54, 1.807) is 19.2 Å². The molecule has 0 aliphatic carbocycles. The average Bonchev–Trinajstić information content (AvgIpc) is 3.52. The highest BCUT2D eigenvalue weighted by Gasteiger charge is 2.46. The molecule has 6 N–H and O–H groups in total. The molecule has 0 fully saturated rings. The van der Waals surface area contributed by atoms with Gasteiger partial charge >= 0.3 is 0 Å². The van der Waals surface area contributed by atoms with Gasteiger partial charge in [-0.3, -0.25) is 14.7 Å². The maximum atomic E-state index is 13.1. The van der Waals surface area contributed by atoms with Crippen LogP contribution in [-0.2, 0) is 16.2 Å². The van der Waals surface area contributed by atoms with Crippen molar-refractivity contribution >= 4 is 22.9 Å². The van der Waals surface area contributed by atoms with Crippen molar-refractivity contribution in [2.75, 3.05) is 13.2 Å². The molecule has 7 atom stereocenters. The summed E-state index contributed by atoms with van der Waals surface area (Å²) in [5.74, 6) is 1.07. The molecule has 12 nitrogen and oxygen atoms in total. The highest BCUT2D eigenvalue weighted by Crippen LogP contribution is 2.43. The Hall–Kier alpha value is -2.94. The molecule has 2 aromatic rings. The molecule has 0 radical (unpaired) electrons. The second-order valence-corrected chi connectivity index (χ2v) is 11.3. The first-order chi connectivity index (χ1) is 19.5. The largest absolute Gasteiger partial charge is 0.478 e. The molecule has 0 saturated heterocycles. The van der Waals surface area contributed by atoms with Crippen LogP contribution in [0, 0.1) is 6.92 Å². The lowest BCUT2D eigenvalue weighted by Gasteiger charge is -2.39. The Morgan fingerprint density at radius 3 is 2.61 bits per heavy atom. The molecular formula is C29H37N2O10+. The molecule has 41 heavy (non-hydrogen) atoms. The molecule has 0 bridgehead atoms. The second-order valence-electron chi connectivity index (χ2n) is 11.3. The average molecular weight is 574 g/mol. The Balaban J connectivity index is 1.46. The lowest BCUT2D eigenvalue weighted by Crippen LogP contribution is -3.05. The minimum atomic E-state index is -1.78. The number of rotatable bonds is 10. The van der Waals surface area contributed by atoms with Gasteiger partial charge in [-0.25, -0.2) is 9.78 Å². The molecule has 1 aromatic carbocycles. The van der Waals surface area contributed by atoms with E-state index >= 15 is 0 Å². The summed E-state index contributed by atoms with van der Waals surface area (Å²) in [5, 5.41) is 49.0. The van der Waals surface area contributed by atoms with Gasteiger partial charge < -0.3 is 34.7 Å². The van der Waals surface area contributed by atoms with E-state index in [0.29, 0.717) is 40.2 Å². The molecule has 5 rings (SSSR count). The third-order valence-electron chi connectivity index (χ3n) is 7.97. The van der Waals surface area contributed by atoms with Crippen LogP contribution in [0.2, 0.25) is 0 Å². The zero-order valence-corrected chi connectivity index (χ0v) is 23.4. The molecule has 12 heteroatoms. The number of fused-ring (bicyclic) bond motifs is 3. The van der Waals surface area contributed by atoms with Crippen LogP contribution < -0.4 is 15.1 Å². The monoisotopic (exact) mass is 573 g/mol. The fourth-order valence-electron chi connectivity index (χ4n) is 5.63. The molecule has 1 aromatic heterocycles. The van der Waals surface area contributed by atoms with Gasteiger partial charge in [-0.15, -0.1) is 0 Å². The summed E-state index contributed by atoms with van der Waals surface area (Å²) in [6.45, 7) is 6.17. The van der Waals surface area contributed by atoms with E-state index in [4.69, 9.17) is 24.0 Å². The lowest BCUT2D eigenvalue weighted by atomic mass is 9.89. The zero-order chi connectivity index (χ0) is 29.6. The van der Waals surface area contributed by atoms with Crippen molar-refractivity contribution in [3.05, 3.63) is 57.2 Å². The Morgan fingerprint density at radius 2 is 1.90 bits per heavy atom. The van der Waals surface area contributed by atoms with E-state index in [1.165, 1.54) is 6.07 Å². The highest BCUT2D eigenvalue weighted by atomic mass is 17.2. The number of aryl methyl sites for hydroxylation is 1. The number of aliphatic hydroxyl groups is 5. The molecule has 0 saturated carbocycles. The number of hydrogen-bond acceptors (Lipinski definition) is 11. The number of nitrogens with zero attached hydrogens (tertiary/aromatic N) is 1. The lowest BCUT2D eigenvalue weighted by molar-refractivity contribution is -0.793. The van der Waals surface area contributed by atoms with Crippen LogP contribution in [-0.4, -0.2) is 87.1 Å². The van der Waals surface area contributed by atoms with Gasteiger partial charge in [0, 0.05) is 36.3 Å². The summed E-state index contributed by atoms with van der Waals surface area (Å²) in [5.41, 5.74) is 2.77. The number of allylic oxidation sites excluding steroid dienone is 1. The number of quaternary nitrogens is 1. The predicted octanol–water partition coefficient (Wildman–Crippen LogP) is -0.272. The Morgan fingerprint density at radius 1 is 1.17 bits per heavy atom. The van der Waals surface area contributed by atoms with Gasteiger partial charge in [0.1, 0.15) is 66.4 Å². The third kappa shape index (κ3) is 5.38. The van der Waals surface area contributed by atoms with Crippen molar-refractivity contribution in [3.63, 3.8) is 0 Å². The molecular weight excluding hydrogens is 536 g/mol. The standard InChI is InChI=1S/C29H36N2O10/c1-5-19-16-6-7-30-18(16)11-31(19)24-27-15(9-17-20(33)8-14(2)39-28(17)24)10-23(29(3,4)40-27)41-38-13-22(35)26(37)25(36)21(34)12-32/h6-9,11,19,21-23,25-26,32,34-37H,5,10,12-13H2,1-4H3/p+1/t19?,21-,22+,23-,25-,26-/m1/s1. The molecule has 3 aliphatic rings. The normalized spacial score (nSPS) is 25.6. The van der Waals surface area contributed by atoms with Gasteiger partial charge in [0.15, 0.2) is 11.2 Å². The van der Waals surface area contributed by atoms with Crippen molar-refractivity contribution < 1.29 is 49.4 Å². The highest BCUT2D eigenvalue weighted by molar-refractivity contribution is 5.90. The molecule has 2 unspecified atom stereocenters. The van der Waals surface area contributed by atoms with Gasteiger partial charge in [0.2, 0.25) is 11.3 Å². The quantitative estimate of drug-likeness (QED) is 0.164. The molecule has 0 amide bonds. The van der Waals surface area contributed by atoms with Crippen molar-refractivity contribution in [1.82, 2.24) is 0 Å². The van der Waals surface area contributed by atoms with Gasteiger partial charge in [0.05, 0.1) is 12.0 Å². The van der Waals surface area contributed by atoms with E-state index in [-0.39, 0.29) is 11.5 Å². The van der Waals surface area contributed by atoms with Crippen LogP contribution in [0.1, 0.15) is 38.5 Å². The molecule has 222 valence electrons. The summed E-state index contributed by atoms with van der Waals surface area (Å²) < 4.78 is 12.8. The summed E-state index contributed by atoms with van der Waals surface area (Å²) in [7, 11) is 0. The molecule has 4 heterocycles. The first-order valence-corrected chi connectivity index (χ1v) is 13.7. The predicted molar refractivity (Wildman–Crippen MR) is 147 cm³/mol. The van der Waals surface area contributed by atoms with Crippen molar-refractivity contribution in [2.24, 2.45) is 4.99 Å². The zero-order valence-electron chi connectivity index (χ0n) is 23.4. The molecule has 0 spiro atoms. The van der Waals surface area contributed by atoms with E-state index in [2.05, 4.69) is 11.9 Å². The third-order valence-corrected chi connectivity index (χ3v) is 7.97. The number of aliphatic imine (C=N–C) groups is 1. The van der Waals surface area contributed by atoms with Crippen LogP contribution in [0.25, 0.3) is 11.0 Å². The van der Waals surface area contributed by atoms with Crippen LogP contribution in [0.3, 0.4) is 0 Å². The minimum Gasteiger partial charge on any atom is -0.478 e. The number of hydrogen-bond donors (Lipinski definition) is 6. The van der Waals surface area contributed by atoms with Crippen molar-refractivity contribution in [2.45, 2.75) is 82.7 Å². The van der Waals surface area contributed by atoms with Crippen LogP contribution in [0.15, 0.2) is 49.9 Å². The van der Waals surface area contributed by atoms with E-state index in [9.17, 15) is 25.2 Å². The summed E-state index contributed by atoms with van der Waals surface area (Å²) >= 11 is 0. The topological polar surface area (TPSA) is 176 Å². The first kappa shape index (κ1) is 29.5. The fourth-order valence-corrected chi connectivity index (χ4v) is 5.63. The van der Waals surface area contributed by atoms with E-state index in [1.807, 2.05) is 26.1 Å². The first-order valence-electron chi connectivity index (χ1n) is 13.7. The SMILES string of the molecule is CCC1C2=CC=NC2=C[NH+]1c1c2c(cc3c(=O)cc(C)oc13)C[C@@H](OOC[C@H](O)[C@@H](O)[C@H](O)[C@H](O)CO)C(C)(C)O2. The van der Waals surface area contributed by atoms with Crippen LogP contribution in [0.4, 0.5) is 5.69 Å². The van der Waals surface area contributed by atoms with Gasteiger partial charge in [-0.1, -0.05) is 6.92 Å². The van der Waals surface area contributed by atoms with Gasteiger partial charge in [0.25, 0.3) is 0 Å². The Kier molecular flexibility index (Phi) is 8.21. The Bertz CT molecular complexity index is 1460.